The molecule has 7 heteroatoms. The van der Waals surface area contributed by atoms with Crippen molar-refractivity contribution in [3.05, 3.63) is 40.4 Å². The van der Waals surface area contributed by atoms with Crippen molar-refractivity contribution in [2.75, 3.05) is 0 Å². The van der Waals surface area contributed by atoms with Crippen LogP contribution in [0.25, 0.3) is 0 Å². The molecule has 0 saturated carbocycles. The summed E-state index contributed by atoms with van der Waals surface area (Å²) in [7, 11) is 1.79. The van der Waals surface area contributed by atoms with Gasteiger partial charge in [0.05, 0.1) is 12.1 Å². The number of phenols is 1. The molecule has 0 aliphatic carbocycles. The zero-order valence-electron chi connectivity index (χ0n) is 9.59. The first-order chi connectivity index (χ1) is 8.58. The van der Waals surface area contributed by atoms with E-state index < -0.39 is 0 Å². The fraction of sp³-hybridized carbons (Fsp3) is 0.182. The minimum atomic E-state index is -0.364. The lowest BCUT2D eigenvalue weighted by Gasteiger charge is -2.06. The third-order valence-corrected chi connectivity index (χ3v) is 2.91. The third-order valence-electron chi connectivity index (χ3n) is 2.42. The lowest BCUT2D eigenvalue weighted by molar-refractivity contribution is 0.0947. The van der Waals surface area contributed by atoms with E-state index in [1.54, 1.807) is 30.1 Å². The van der Waals surface area contributed by atoms with Gasteiger partial charge in [-0.2, -0.15) is 0 Å². The Bertz CT molecular complexity index is 582. The van der Waals surface area contributed by atoms with E-state index in [4.69, 9.17) is 0 Å². The number of aromatic hydroxyl groups is 1. The van der Waals surface area contributed by atoms with Crippen LogP contribution in [0.4, 0.5) is 0 Å². The average molecular weight is 311 g/mol. The Balaban J connectivity index is 2.08. The van der Waals surface area contributed by atoms with Gasteiger partial charge >= 0.3 is 0 Å². The maximum absolute atomic E-state index is 11.9. The Morgan fingerprint density at radius 3 is 3.00 bits per heavy atom. The highest BCUT2D eigenvalue weighted by molar-refractivity contribution is 9.10. The molecule has 0 saturated heterocycles. The van der Waals surface area contributed by atoms with Gasteiger partial charge in [0.2, 0.25) is 0 Å². The van der Waals surface area contributed by atoms with Crippen LogP contribution in [0.1, 0.15) is 16.2 Å². The quantitative estimate of drug-likeness (QED) is 0.893. The molecule has 18 heavy (non-hydrogen) atoms. The number of aryl methyl sites for hydroxylation is 1. The predicted molar refractivity (Wildman–Crippen MR) is 68.0 cm³/mol. The number of amides is 1. The second-order valence-electron chi connectivity index (χ2n) is 3.70. The summed E-state index contributed by atoms with van der Waals surface area (Å²) in [4.78, 5) is 11.9. The number of nitrogens with one attached hydrogen (secondary N) is 1. The SMILES string of the molecule is Cn1cnnc1CNC(=O)c1cc(Br)ccc1O. The number of halogens is 1. The van der Waals surface area contributed by atoms with E-state index >= 15 is 0 Å². The number of hydrogen-bond acceptors (Lipinski definition) is 4. The molecule has 1 heterocycles. The monoisotopic (exact) mass is 310 g/mol. The summed E-state index contributed by atoms with van der Waals surface area (Å²) >= 11 is 3.25. The molecule has 0 unspecified atom stereocenters. The molecule has 94 valence electrons. The van der Waals surface area contributed by atoms with Crippen LogP contribution in [-0.2, 0) is 13.6 Å². The first kappa shape index (κ1) is 12.6. The van der Waals surface area contributed by atoms with Crippen LogP contribution in [0.15, 0.2) is 29.0 Å². The molecule has 1 aromatic heterocycles. The van der Waals surface area contributed by atoms with Gasteiger partial charge in [0.25, 0.3) is 5.91 Å². The summed E-state index contributed by atoms with van der Waals surface area (Å²) in [5, 5.41) is 19.8. The Hall–Kier alpha value is -1.89. The molecule has 0 radical (unpaired) electrons. The van der Waals surface area contributed by atoms with E-state index in [-0.39, 0.29) is 23.8 Å². The lowest BCUT2D eigenvalue weighted by Crippen LogP contribution is -2.24. The minimum Gasteiger partial charge on any atom is -0.507 e. The van der Waals surface area contributed by atoms with Gasteiger partial charge in [0.1, 0.15) is 12.1 Å². The Morgan fingerprint density at radius 1 is 1.56 bits per heavy atom. The summed E-state index contributed by atoms with van der Waals surface area (Å²) in [5.41, 5.74) is 0.214. The van der Waals surface area contributed by atoms with Crippen LogP contribution in [0.5, 0.6) is 5.75 Å². The number of hydrogen-bond donors (Lipinski definition) is 2. The van der Waals surface area contributed by atoms with Crippen molar-refractivity contribution in [1.29, 1.82) is 0 Å². The first-order valence-corrected chi connectivity index (χ1v) is 5.97. The summed E-state index contributed by atoms with van der Waals surface area (Å²) in [5.74, 6) is 0.211. The van der Waals surface area contributed by atoms with Gasteiger partial charge in [-0.3, -0.25) is 4.79 Å². The highest BCUT2D eigenvalue weighted by Crippen LogP contribution is 2.21. The number of carbonyl (C=O) groups is 1. The third kappa shape index (κ3) is 2.67. The van der Waals surface area contributed by atoms with E-state index in [0.717, 1.165) is 4.47 Å². The van der Waals surface area contributed by atoms with Crippen LogP contribution >= 0.6 is 15.9 Å². The molecular formula is C11H11BrN4O2. The van der Waals surface area contributed by atoms with Crippen molar-refractivity contribution in [1.82, 2.24) is 20.1 Å². The summed E-state index contributed by atoms with van der Waals surface area (Å²) in [6, 6.07) is 4.68. The van der Waals surface area contributed by atoms with Gasteiger partial charge < -0.3 is 15.0 Å². The molecule has 0 bridgehead atoms. The number of carbonyl (C=O) groups excluding carboxylic acids is 1. The molecule has 6 nitrogen and oxygen atoms in total. The van der Waals surface area contributed by atoms with Crippen LogP contribution in [-0.4, -0.2) is 25.8 Å². The normalized spacial score (nSPS) is 10.3. The van der Waals surface area contributed by atoms with Crippen molar-refractivity contribution in [3.8, 4) is 5.75 Å². The van der Waals surface area contributed by atoms with Gasteiger partial charge in [-0.25, -0.2) is 0 Å². The average Bonchev–Trinajstić information content (AvgIpc) is 2.75. The highest BCUT2D eigenvalue weighted by Gasteiger charge is 2.12. The van der Waals surface area contributed by atoms with Crippen LogP contribution in [0.3, 0.4) is 0 Å². The second kappa shape index (κ2) is 5.18. The van der Waals surface area contributed by atoms with E-state index in [1.807, 2.05) is 0 Å². The van der Waals surface area contributed by atoms with Crippen LogP contribution in [0, 0.1) is 0 Å². The van der Waals surface area contributed by atoms with E-state index in [1.165, 1.54) is 6.07 Å². The molecule has 2 aromatic rings. The van der Waals surface area contributed by atoms with Crippen molar-refractivity contribution in [2.24, 2.45) is 7.05 Å². The van der Waals surface area contributed by atoms with E-state index in [9.17, 15) is 9.90 Å². The first-order valence-electron chi connectivity index (χ1n) is 5.17. The molecule has 1 aromatic carbocycles. The molecule has 0 atom stereocenters. The van der Waals surface area contributed by atoms with Crippen molar-refractivity contribution in [2.45, 2.75) is 6.54 Å². The Morgan fingerprint density at radius 2 is 2.33 bits per heavy atom. The second-order valence-corrected chi connectivity index (χ2v) is 4.62. The maximum Gasteiger partial charge on any atom is 0.255 e. The topological polar surface area (TPSA) is 80.0 Å². The highest BCUT2D eigenvalue weighted by atomic mass is 79.9. The molecule has 2 N–H and O–H groups in total. The lowest BCUT2D eigenvalue weighted by atomic mass is 10.2. The zero-order chi connectivity index (χ0) is 13.1. The number of nitrogens with zero attached hydrogens (tertiary/aromatic N) is 3. The number of rotatable bonds is 3. The van der Waals surface area contributed by atoms with E-state index in [2.05, 4.69) is 31.4 Å². The van der Waals surface area contributed by atoms with Gasteiger partial charge in [0, 0.05) is 11.5 Å². The standard InChI is InChI=1S/C11H11BrN4O2/c1-16-6-14-15-10(16)5-13-11(18)8-4-7(12)2-3-9(8)17/h2-4,6,17H,5H2,1H3,(H,13,18). The molecule has 0 spiro atoms. The molecular weight excluding hydrogens is 300 g/mol. The molecule has 2 rings (SSSR count). The fourth-order valence-electron chi connectivity index (χ4n) is 1.41. The van der Waals surface area contributed by atoms with Crippen molar-refractivity contribution in [3.63, 3.8) is 0 Å². The van der Waals surface area contributed by atoms with Gasteiger partial charge in [-0.15, -0.1) is 10.2 Å². The van der Waals surface area contributed by atoms with E-state index in [0.29, 0.717) is 5.82 Å². The van der Waals surface area contributed by atoms with Crippen LogP contribution in [0.2, 0.25) is 0 Å². The summed E-state index contributed by atoms with van der Waals surface area (Å²) < 4.78 is 2.44. The van der Waals surface area contributed by atoms with Crippen molar-refractivity contribution >= 4 is 21.8 Å². The Labute approximate surface area is 112 Å². The molecule has 0 fully saturated rings. The minimum absolute atomic E-state index is 0.0614. The van der Waals surface area contributed by atoms with Gasteiger partial charge in [0.15, 0.2) is 5.82 Å². The zero-order valence-corrected chi connectivity index (χ0v) is 11.2. The summed E-state index contributed by atoms with van der Waals surface area (Å²) in [6.45, 7) is 0.251. The van der Waals surface area contributed by atoms with Gasteiger partial charge in [-0.05, 0) is 18.2 Å². The summed E-state index contributed by atoms with van der Waals surface area (Å²) in [6.07, 6.45) is 1.55. The number of phenolic OH excluding ortho intramolecular Hbond substituents is 1. The number of benzene rings is 1. The molecule has 0 aliphatic rings. The predicted octanol–water partition coefficient (Wildman–Crippen LogP) is 1.21. The molecule has 0 aliphatic heterocycles. The molecule has 1 amide bonds. The number of aromatic nitrogens is 3. The largest absolute Gasteiger partial charge is 0.507 e. The maximum atomic E-state index is 11.9. The fourth-order valence-corrected chi connectivity index (χ4v) is 1.77. The Kier molecular flexibility index (Phi) is 3.61. The smallest absolute Gasteiger partial charge is 0.255 e. The van der Waals surface area contributed by atoms with Gasteiger partial charge in [-0.1, -0.05) is 15.9 Å². The van der Waals surface area contributed by atoms with Crippen LogP contribution < -0.4 is 5.32 Å². The van der Waals surface area contributed by atoms with Crippen molar-refractivity contribution < 1.29 is 9.90 Å².